The highest BCUT2D eigenvalue weighted by Gasteiger charge is 2.19. The van der Waals surface area contributed by atoms with Crippen LogP contribution in [0.25, 0.3) is 0 Å². The summed E-state index contributed by atoms with van der Waals surface area (Å²) in [5, 5.41) is 0. The second-order valence-corrected chi connectivity index (χ2v) is 20.9. The third-order valence-electron chi connectivity index (χ3n) is 13.6. The van der Waals surface area contributed by atoms with Gasteiger partial charge in [-0.25, -0.2) is 0 Å². The quantitative estimate of drug-likeness (QED) is 0.0261. The van der Waals surface area contributed by atoms with Crippen LogP contribution < -0.4 is 0 Å². The first-order valence-electron chi connectivity index (χ1n) is 31.7. The minimum absolute atomic E-state index is 0.0867. The molecule has 0 fully saturated rings. The Hall–Kier alpha value is -3.67. The Morgan fingerprint density at radius 2 is 0.520 bits per heavy atom. The van der Waals surface area contributed by atoms with E-state index in [1.807, 2.05) is 0 Å². The summed E-state index contributed by atoms with van der Waals surface area (Å²) in [6.07, 6.45) is 84.2. The molecule has 0 radical (unpaired) electrons. The molecule has 0 aliphatic carbocycles. The lowest BCUT2D eigenvalue weighted by molar-refractivity contribution is -0.167. The van der Waals surface area contributed by atoms with Crippen LogP contribution in [0.15, 0.2) is 97.2 Å². The monoisotopic (exact) mass is 1040 g/mol. The van der Waals surface area contributed by atoms with E-state index in [4.69, 9.17) is 14.2 Å². The molecule has 0 spiro atoms. The van der Waals surface area contributed by atoms with Gasteiger partial charge in [-0.15, -0.1) is 0 Å². The van der Waals surface area contributed by atoms with Crippen LogP contribution in [-0.4, -0.2) is 37.2 Å². The third-order valence-corrected chi connectivity index (χ3v) is 13.6. The summed E-state index contributed by atoms with van der Waals surface area (Å²) in [6, 6.07) is 0. The molecule has 0 saturated heterocycles. The second kappa shape index (κ2) is 62.9. The van der Waals surface area contributed by atoms with Crippen molar-refractivity contribution < 1.29 is 28.6 Å². The number of allylic oxidation sites excluding steroid dienone is 16. The average molecular weight is 1040 g/mol. The Balaban J connectivity index is 4.30. The smallest absolute Gasteiger partial charge is 0.306 e. The fourth-order valence-electron chi connectivity index (χ4n) is 8.83. The van der Waals surface area contributed by atoms with Crippen LogP contribution in [0.3, 0.4) is 0 Å². The summed E-state index contributed by atoms with van der Waals surface area (Å²) in [4.78, 5) is 38.2. The number of hydrogen-bond donors (Lipinski definition) is 0. The molecule has 0 amide bonds. The molecule has 430 valence electrons. The summed E-state index contributed by atoms with van der Waals surface area (Å²) in [7, 11) is 0. The van der Waals surface area contributed by atoms with Crippen molar-refractivity contribution in [1.29, 1.82) is 0 Å². The molecular formula is C69H118O6. The largest absolute Gasteiger partial charge is 0.462 e. The van der Waals surface area contributed by atoms with Crippen molar-refractivity contribution in [3.8, 4) is 0 Å². The Kier molecular flexibility index (Phi) is 59.8. The highest BCUT2D eigenvalue weighted by Crippen LogP contribution is 2.16. The van der Waals surface area contributed by atoms with E-state index in [9.17, 15) is 14.4 Å². The van der Waals surface area contributed by atoms with E-state index in [-0.39, 0.29) is 31.1 Å². The zero-order valence-electron chi connectivity index (χ0n) is 49.3. The molecule has 1 atom stereocenters. The predicted molar refractivity (Wildman–Crippen MR) is 325 cm³/mol. The lowest BCUT2D eigenvalue weighted by Crippen LogP contribution is -2.30. The van der Waals surface area contributed by atoms with Gasteiger partial charge in [0.15, 0.2) is 6.10 Å². The summed E-state index contributed by atoms with van der Waals surface area (Å²) in [6.45, 7) is 6.50. The van der Waals surface area contributed by atoms with Crippen LogP contribution in [0.1, 0.15) is 303 Å². The van der Waals surface area contributed by atoms with Gasteiger partial charge >= 0.3 is 17.9 Å². The van der Waals surface area contributed by atoms with Gasteiger partial charge in [0.2, 0.25) is 0 Å². The molecule has 0 N–H and O–H groups in total. The van der Waals surface area contributed by atoms with Gasteiger partial charge < -0.3 is 14.2 Å². The second-order valence-electron chi connectivity index (χ2n) is 20.9. The van der Waals surface area contributed by atoms with Crippen LogP contribution in [-0.2, 0) is 28.6 Å². The summed E-state index contributed by atoms with van der Waals surface area (Å²) in [5.74, 6) is -0.916. The van der Waals surface area contributed by atoms with Crippen LogP contribution >= 0.6 is 0 Å². The van der Waals surface area contributed by atoms with Gasteiger partial charge in [0.25, 0.3) is 0 Å². The summed E-state index contributed by atoms with van der Waals surface area (Å²) < 4.78 is 16.9. The minimum atomic E-state index is -0.791. The highest BCUT2D eigenvalue weighted by molar-refractivity contribution is 5.71. The molecule has 0 saturated carbocycles. The minimum Gasteiger partial charge on any atom is -0.462 e. The molecule has 1 unspecified atom stereocenters. The van der Waals surface area contributed by atoms with Crippen molar-refractivity contribution in [1.82, 2.24) is 0 Å². The fraction of sp³-hybridized carbons (Fsp3) is 0.725. The van der Waals surface area contributed by atoms with Crippen LogP contribution in [0.5, 0.6) is 0 Å². The number of hydrogen-bond acceptors (Lipinski definition) is 6. The Bertz CT molecular complexity index is 1480. The van der Waals surface area contributed by atoms with Gasteiger partial charge in [0, 0.05) is 19.3 Å². The van der Waals surface area contributed by atoms with Gasteiger partial charge in [-0.3, -0.25) is 14.4 Å². The van der Waals surface area contributed by atoms with E-state index in [2.05, 4.69) is 118 Å². The number of unbranched alkanes of at least 4 members (excludes halogenated alkanes) is 30. The van der Waals surface area contributed by atoms with E-state index in [1.165, 1.54) is 154 Å². The zero-order valence-corrected chi connectivity index (χ0v) is 49.3. The van der Waals surface area contributed by atoms with Crippen molar-refractivity contribution in [2.75, 3.05) is 13.2 Å². The van der Waals surface area contributed by atoms with Gasteiger partial charge in [-0.1, -0.05) is 279 Å². The van der Waals surface area contributed by atoms with Crippen molar-refractivity contribution in [3.63, 3.8) is 0 Å². The standard InChI is InChI=1S/C69H118O6/c1-4-7-10-13-16-19-21-23-25-27-29-31-33-34-36-37-39-41-43-45-47-50-53-56-59-62-68(71)74-65-66(64-73-67(70)61-58-55-52-49-18-15-12-9-6-3)75-69(72)63-60-57-54-51-48-46-44-42-40-38-35-32-30-28-26-24-22-20-17-14-11-8-5-2/h7,10,16,19,23,25,28-31,34,36,39,41,45,47,66H,4-6,8-9,11-15,17-18,20-22,24,26-27,32-33,35,37-38,40,42-44,46,48-65H2,1-3H3/b10-7-,19-16-,25-23-,30-28-,31-29-,36-34-,41-39-,47-45-. The summed E-state index contributed by atoms with van der Waals surface area (Å²) in [5.41, 5.74) is 0. The molecule has 0 bridgehead atoms. The number of ether oxygens (including phenoxy) is 3. The van der Waals surface area contributed by atoms with Crippen molar-refractivity contribution in [3.05, 3.63) is 97.2 Å². The molecule has 0 aliphatic rings. The highest BCUT2D eigenvalue weighted by atomic mass is 16.6. The number of rotatable bonds is 57. The molecule has 0 aliphatic heterocycles. The molecule has 0 aromatic rings. The van der Waals surface area contributed by atoms with Crippen molar-refractivity contribution in [2.45, 2.75) is 309 Å². The van der Waals surface area contributed by atoms with Gasteiger partial charge in [-0.2, -0.15) is 0 Å². The molecular weight excluding hydrogens is 925 g/mol. The first kappa shape index (κ1) is 71.3. The predicted octanol–water partition coefficient (Wildman–Crippen LogP) is 21.7. The molecule has 6 heteroatoms. The molecule has 6 nitrogen and oxygen atoms in total. The molecule has 0 rings (SSSR count). The SMILES string of the molecule is CC/C=C\C/C=C\C/C=C\C/C=C\C/C=C\C/C=C\C/C=C\CCCCCC(=O)OCC(COC(=O)CCCCCCCCCCC)OC(=O)CCCCCCCCCCCCC/C=C\CCCCCCCCCC. The van der Waals surface area contributed by atoms with E-state index in [0.717, 1.165) is 109 Å². The van der Waals surface area contributed by atoms with E-state index in [1.54, 1.807) is 0 Å². The molecule has 0 aromatic carbocycles. The van der Waals surface area contributed by atoms with Crippen molar-refractivity contribution in [2.24, 2.45) is 0 Å². The summed E-state index contributed by atoms with van der Waals surface area (Å²) >= 11 is 0. The maximum Gasteiger partial charge on any atom is 0.306 e. The van der Waals surface area contributed by atoms with E-state index >= 15 is 0 Å². The van der Waals surface area contributed by atoms with E-state index in [0.29, 0.717) is 19.3 Å². The molecule has 75 heavy (non-hydrogen) atoms. The van der Waals surface area contributed by atoms with Gasteiger partial charge in [-0.05, 0) is 103 Å². The van der Waals surface area contributed by atoms with Crippen molar-refractivity contribution >= 4 is 17.9 Å². The Morgan fingerprint density at radius 1 is 0.280 bits per heavy atom. The van der Waals surface area contributed by atoms with Gasteiger partial charge in [0.1, 0.15) is 13.2 Å². The molecule has 0 aromatic heterocycles. The zero-order chi connectivity index (χ0) is 54.3. The lowest BCUT2D eigenvalue weighted by Gasteiger charge is -2.18. The van der Waals surface area contributed by atoms with E-state index < -0.39 is 6.10 Å². The van der Waals surface area contributed by atoms with Crippen LogP contribution in [0, 0.1) is 0 Å². The topological polar surface area (TPSA) is 78.9 Å². The molecule has 0 heterocycles. The van der Waals surface area contributed by atoms with Crippen LogP contribution in [0.2, 0.25) is 0 Å². The number of esters is 3. The average Bonchev–Trinajstić information content (AvgIpc) is 3.41. The van der Waals surface area contributed by atoms with Gasteiger partial charge in [0.05, 0.1) is 0 Å². The lowest BCUT2D eigenvalue weighted by atomic mass is 10.0. The maximum absolute atomic E-state index is 12.9. The Labute approximate surface area is 464 Å². The first-order valence-corrected chi connectivity index (χ1v) is 31.7. The first-order chi connectivity index (χ1) is 37.0. The number of carbonyl (C=O) groups is 3. The Morgan fingerprint density at radius 3 is 0.840 bits per heavy atom. The number of carbonyl (C=O) groups excluding carboxylic acids is 3. The maximum atomic E-state index is 12.9. The third kappa shape index (κ3) is 61.1. The fourth-order valence-corrected chi connectivity index (χ4v) is 8.83. The van der Waals surface area contributed by atoms with Crippen LogP contribution in [0.4, 0.5) is 0 Å². The normalized spacial score (nSPS) is 12.7.